The van der Waals surface area contributed by atoms with Gasteiger partial charge in [-0.25, -0.2) is 0 Å². The summed E-state index contributed by atoms with van der Waals surface area (Å²) >= 11 is 1.56. The Balaban J connectivity index is 1.91. The number of carbonyl (C=O) groups is 1. The maximum absolute atomic E-state index is 12.6. The quantitative estimate of drug-likeness (QED) is 0.879. The van der Waals surface area contributed by atoms with Gasteiger partial charge in [-0.15, -0.1) is 11.3 Å². The monoisotopic (exact) mass is 288 g/mol. The molecule has 0 saturated heterocycles. The highest BCUT2D eigenvalue weighted by molar-refractivity contribution is 7.10. The Hall–Kier alpha value is -1.65. The maximum Gasteiger partial charge on any atom is 0.198 e. The lowest BCUT2D eigenvalue weighted by molar-refractivity contribution is 0.103. The molecule has 0 amide bonds. The van der Waals surface area contributed by atoms with Crippen molar-refractivity contribution < 1.29 is 14.6 Å². The first-order valence-electron chi connectivity index (χ1n) is 6.77. The summed E-state index contributed by atoms with van der Waals surface area (Å²) in [5.74, 6) is 0.724. The summed E-state index contributed by atoms with van der Waals surface area (Å²) in [4.78, 5) is 13.6. The number of ether oxygens (including phenoxy) is 1. The fraction of sp³-hybridized carbons (Fsp3) is 0.312. The second kappa shape index (κ2) is 5.77. The summed E-state index contributed by atoms with van der Waals surface area (Å²) < 4.78 is 5.73. The van der Waals surface area contributed by atoms with Crippen molar-refractivity contribution >= 4 is 17.1 Å². The van der Waals surface area contributed by atoms with Crippen molar-refractivity contribution in [3.63, 3.8) is 0 Å². The summed E-state index contributed by atoms with van der Waals surface area (Å²) in [6.45, 7) is 0.681. The van der Waals surface area contributed by atoms with Crippen LogP contribution in [0.1, 0.15) is 39.2 Å². The number of hydrogen-bond donors (Lipinski definition) is 1. The van der Waals surface area contributed by atoms with Crippen LogP contribution in [0.3, 0.4) is 0 Å². The number of aliphatic hydroxyl groups is 1. The van der Waals surface area contributed by atoms with Crippen LogP contribution in [-0.2, 0) is 13.0 Å². The molecule has 3 rings (SSSR count). The molecule has 104 valence electrons. The minimum absolute atomic E-state index is 0.0535. The molecule has 2 heterocycles. The number of aryl methyl sites for hydroxylation is 1. The molecule has 0 atom stereocenters. The number of ketones is 1. The average molecular weight is 288 g/mol. The van der Waals surface area contributed by atoms with Gasteiger partial charge in [0.15, 0.2) is 5.78 Å². The topological polar surface area (TPSA) is 46.5 Å². The van der Waals surface area contributed by atoms with Gasteiger partial charge in [0, 0.05) is 12.2 Å². The molecule has 1 aromatic carbocycles. The third-order valence-corrected chi connectivity index (χ3v) is 4.41. The first kappa shape index (κ1) is 13.3. The Bertz CT molecular complexity index is 630. The molecule has 0 saturated carbocycles. The van der Waals surface area contributed by atoms with Crippen LogP contribution < -0.4 is 4.74 Å². The summed E-state index contributed by atoms with van der Waals surface area (Å²) in [6, 6.07) is 7.70. The van der Waals surface area contributed by atoms with Gasteiger partial charge < -0.3 is 9.84 Å². The van der Waals surface area contributed by atoms with Gasteiger partial charge in [-0.05, 0) is 48.4 Å². The molecule has 0 spiro atoms. The van der Waals surface area contributed by atoms with Gasteiger partial charge in [-0.3, -0.25) is 4.79 Å². The second-order valence-electron chi connectivity index (χ2n) is 4.89. The number of benzene rings is 1. The summed E-state index contributed by atoms with van der Waals surface area (Å²) in [7, 11) is 0. The first-order valence-corrected chi connectivity index (χ1v) is 7.65. The molecule has 1 aliphatic rings. The van der Waals surface area contributed by atoms with Crippen LogP contribution in [0.25, 0.3) is 0 Å². The van der Waals surface area contributed by atoms with Crippen molar-refractivity contribution in [3.05, 3.63) is 51.2 Å². The smallest absolute Gasteiger partial charge is 0.198 e. The zero-order valence-corrected chi connectivity index (χ0v) is 11.9. The van der Waals surface area contributed by atoms with Gasteiger partial charge in [-0.2, -0.15) is 0 Å². The van der Waals surface area contributed by atoms with E-state index in [4.69, 9.17) is 9.84 Å². The van der Waals surface area contributed by atoms with Crippen molar-refractivity contribution in [2.75, 3.05) is 6.61 Å². The van der Waals surface area contributed by atoms with E-state index in [0.29, 0.717) is 17.9 Å². The van der Waals surface area contributed by atoms with Crippen LogP contribution >= 0.6 is 11.3 Å². The molecule has 4 heteroatoms. The van der Waals surface area contributed by atoms with Crippen molar-refractivity contribution in [3.8, 4) is 5.75 Å². The lowest BCUT2D eigenvalue weighted by atomic mass is 9.99. The fourth-order valence-electron chi connectivity index (χ4n) is 2.42. The SMILES string of the molecule is O=C1c2cc(CCCCO)ccc2OCc2sccc21. The third-order valence-electron chi connectivity index (χ3n) is 3.51. The standard InChI is InChI=1S/C16H16O3S/c17-7-2-1-3-11-4-5-14-13(9-11)16(18)12-6-8-20-15(12)10-19-14/h4-6,8-9,17H,1-3,7,10H2. The van der Waals surface area contributed by atoms with E-state index in [2.05, 4.69) is 0 Å². The zero-order chi connectivity index (χ0) is 13.9. The normalized spacial score (nSPS) is 13.3. The number of thiophene rings is 1. The van der Waals surface area contributed by atoms with E-state index < -0.39 is 0 Å². The molecule has 20 heavy (non-hydrogen) atoms. The van der Waals surface area contributed by atoms with Crippen molar-refractivity contribution in [1.29, 1.82) is 0 Å². The van der Waals surface area contributed by atoms with Crippen LogP contribution in [0, 0.1) is 0 Å². The molecule has 0 fully saturated rings. The molecule has 0 aliphatic carbocycles. The number of hydrogen-bond acceptors (Lipinski definition) is 4. The van der Waals surface area contributed by atoms with Gasteiger partial charge in [0.25, 0.3) is 0 Å². The average Bonchev–Trinajstić information content (AvgIpc) is 2.89. The molecule has 2 aromatic rings. The largest absolute Gasteiger partial charge is 0.487 e. The minimum Gasteiger partial charge on any atom is -0.487 e. The van der Waals surface area contributed by atoms with E-state index in [1.54, 1.807) is 11.3 Å². The molecular weight excluding hydrogens is 272 g/mol. The van der Waals surface area contributed by atoms with Crippen LogP contribution in [-0.4, -0.2) is 17.5 Å². The van der Waals surface area contributed by atoms with Gasteiger partial charge >= 0.3 is 0 Å². The molecule has 1 aliphatic heterocycles. The Morgan fingerprint density at radius 1 is 1.20 bits per heavy atom. The molecular formula is C16H16O3S. The maximum atomic E-state index is 12.6. The highest BCUT2D eigenvalue weighted by Crippen LogP contribution is 2.31. The molecule has 0 radical (unpaired) electrons. The minimum atomic E-state index is 0.0535. The van der Waals surface area contributed by atoms with E-state index >= 15 is 0 Å². The van der Waals surface area contributed by atoms with Gasteiger partial charge in [0.2, 0.25) is 0 Å². The lowest BCUT2D eigenvalue weighted by Gasteiger charge is -2.08. The van der Waals surface area contributed by atoms with E-state index in [-0.39, 0.29) is 12.4 Å². The van der Waals surface area contributed by atoms with E-state index in [1.165, 1.54) is 0 Å². The number of unbranched alkanes of at least 4 members (excludes halogenated alkanes) is 1. The second-order valence-corrected chi connectivity index (χ2v) is 5.89. The fourth-order valence-corrected chi connectivity index (χ4v) is 3.20. The molecule has 3 nitrogen and oxygen atoms in total. The van der Waals surface area contributed by atoms with Crippen LogP contribution in [0.15, 0.2) is 29.6 Å². The zero-order valence-electron chi connectivity index (χ0n) is 11.1. The highest BCUT2D eigenvalue weighted by atomic mass is 32.1. The van der Waals surface area contributed by atoms with Crippen LogP contribution in [0.4, 0.5) is 0 Å². The molecule has 1 aromatic heterocycles. The lowest BCUT2D eigenvalue weighted by Crippen LogP contribution is -2.01. The Labute approximate surface area is 121 Å². The highest BCUT2D eigenvalue weighted by Gasteiger charge is 2.23. The molecule has 0 unspecified atom stereocenters. The predicted molar refractivity (Wildman–Crippen MR) is 78.5 cm³/mol. The van der Waals surface area contributed by atoms with Crippen molar-refractivity contribution in [2.45, 2.75) is 25.9 Å². The van der Waals surface area contributed by atoms with E-state index in [0.717, 1.165) is 35.3 Å². The van der Waals surface area contributed by atoms with Gasteiger partial charge in [-0.1, -0.05) is 6.07 Å². The number of carbonyl (C=O) groups excluding carboxylic acids is 1. The summed E-state index contributed by atoms with van der Waals surface area (Å²) in [5, 5.41) is 10.8. The number of fused-ring (bicyclic) bond motifs is 2. The number of aliphatic hydroxyl groups excluding tert-OH is 1. The predicted octanol–water partition coefficient (Wildman–Crippen LogP) is 3.19. The van der Waals surface area contributed by atoms with Gasteiger partial charge in [0.1, 0.15) is 12.4 Å². The Morgan fingerprint density at radius 3 is 2.95 bits per heavy atom. The molecule has 0 bridgehead atoms. The van der Waals surface area contributed by atoms with E-state index in [1.807, 2.05) is 29.6 Å². The van der Waals surface area contributed by atoms with Crippen molar-refractivity contribution in [1.82, 2.24) is 0 Å². The Morgan fingerprint density at radius 2 is 2.10 bits per heavy atom. The summed E-state index contributed by atoms with van der Waals surface area (Å²) in [6.07, 6.45) is 2.59. The summed E-state index contributed by atoms with van der Waals surface area (Å²) in [5.41, 5.74) is 2.54. The number of rotatable bonds is 4. The van der Waals surface area contributed by atoms with Gasteiger partial charge in [0.05, 0.1) is 10.4 Å². The Kier molecular flexibility index (Phi) is 3.85. The van der Waals surface area contributed by atoms with Crippen molar-refractivity contribution in [2.24, 2.45) is 0 Å². The first-order chi connectivity index (χ1) is 9.79. The third kappa shape index (κ3) is 2.49. The molecule has 1 N–H and O–H groups in total. The van der Waals surface area contributed by atoms with E-state index in [9.17, 15) is 4.79 Å². The van der Waals surface area contributed by atoms with Crippen LogP contribution in [0.5, 0.6) is 5.75 Å². The van der Waals surface area contributed by atoms with Crippen LogP contribution in [0.2, 0.25) is 0 Å².